The molecule has 0 atom stereocenters. The number of rotatable bonds is 3. The van der Waals surface area contributed by atoms with Crippen molar-refractivity contribution in [1.82, 2.24) is 9.78 Å². The van der Waals surface area contributed by atoms with Crippen LogP contribution in [0.25, 0.3) is 5.69 Å². The standard InChI is InChI=1S/C15H20ClN3/c1-9(2)14-12(7-17)8-18-19(14)15-11(4)5-10(3)6-13(15)16/h5-6,8-9H,7,17H2,1-4H3. The van der Waals surface area contributed by atoms with Gasteiger partial charge in [0.25, 0.3) is 0 Å². The quantitative estimate of drug-likeness (QED) is 0.929. The Balaban J connectivity index is 2.69. The summed E-state index contributed by atoms with van der Waals surface area (Å²) in [6, 6.07) is 4.09. The molecule has 102 valence electrons. The van der Waals surface area contributed by atoms with E-state index in [0.717, 1.165) is 33.1 Å². The first kappa shape index (κ1) is 14.1. The van der Waals surface area contributed by atoms with Crippen molar-refractivity contribution in [1.29, 1.82) is 0 Å². The Morgan fingerprint density at radius 1 is 1.32 bits per heavy atom. The van der Waals surface area contributed by atoms with Crippen molar-refractivity contribution < 1.29 is 0 Å². The zero-order chi connectivity index (χ0) is 14.2. The third kappa shape index (κ3) is 2.53. The van der Waals surface area contributed by atoms with Crippen LogP contribution in [0.2, 0.25) is 5.02 Å². The SMILES string of the molecule is Cc1cc(C)c(-n2ncc(CN)c2C(C)C)c(Cl)c1. The summed E-state index contributed by atoms with van der Waals surface area (Å²) in [5.74, 6) is 0.345. The molecule has 19 heavy (non-hydrogen) atoms. The van der Waals surface area contributed by atoms with Gasteiger partial charge in [0.05, 0.1) is 22.6 Å². The third-order valence-corrected chi connectivity index (χ3v) is 3.55. The zero-order valence-corrected chi connectivity index (χ0v) is 12.6. The highest BCUT2D eigenvalue weighted by molar-refractivity contribution is 6.32. The molecule has 0 aliphatic rings. The first-order chi connectivity index (χ1) is 8.95. The summed E-state index contributed by atoms with van der Waals surface area (Å²) >= 11 is 6.41. The summed E-state index contributed by atoms with van der Waals surface area (Å²) in [4.78, 5) is 0. The predicted molar refractivity (Wildman–Crippen MR) is 80.0 cm³/mol. The van der Waals surface area contributed by atoms with Crippen LogP contribution >= 0.6 is 11.6 Å². The van der Waals surface area contributed by atoms with Crippen molar-refractivity contribution >= 4 is 11.6 Å². The number of aromatic nitrogens is 2. The van der Waals surface area contributed by atoms with Crippen LogP contribution in [0.3, 0.4) is 0 Å². The van der Waals surface area contributed by atoms with Crippen molar-refractivity contribution in [3.05, 3.63) is 45.7 Å². The lowest BCUT2D eigenvalue weighted by atomic mass is 10.0. The molecule has 0 spiro atoms. The molecule has 0 amide bonds. The second kappa shape index (κ2) is 5.35. The van der Waals surface area contributed by atoms with Gasteiger partial charge in [-0.2, -0.15) is 5.10 Å². The van der Waals surface area contributed by atoms with Crippen molar-refractivity contribution in [3.8, 4) is 5.69 Å². The number of nitrogens with two attached hydrogens (primary N) is 1. The van der Waals surface area contributed by atoms with Gasteiger partial charge < -0.3 is 5.73 Å². The van der Waals surface area contributed by atoms with Crippen LogP contribution in [0, 0.1) is 13.8 Å². The van der Waals surface area contributed by atoms with E-state index in [9.17, 15) is 0 Å². The highest BCUT2D eigenvalue weighted by Crippen LogP contribution is 2.30. The third-order valence-electron chi connectivity index (χ3n) is 3.26. The lowest BCUT2D eigenvalue weighted by Crippen LogP contribution is -2.09. The van der Waals surface area contributed by atoms with Crippen molar-refractivity contribution in [2.45, 2.75) is 40.2 Å². The summed E-state index contributed by atoms with van der Waals surface area (Å²) in [5, 5.41) is 5.21. The fourth-order valence-electron chi connectivity index (χ4n) is 2.52. The van der Waals surface area contributed by atoms with Crippen LogP contribution in [-0.2, 0) is 6.54 Å². The van der Waals surface area contributed by atoms with Gasteiger partial charge in [-0.15, -0.1) is 0 Å². The van der Waals surface area contributed by atoms with Gasteiger partial charge in [0.2, 0.25) is 0 Å². The highest BCUT2D eigenvalue weighted by atomic mass is 35.5. The number of hydrogen-bond acceptors (Lipinski definition) is 2. The molecule has 0 saturated carbocycles. The largest absolute Gasteiger partial charge is 0.326 e. The molecule has 2 rings (SSSR count). The van der Waals surface area contributed by atoms with Crippen LogP contribution in [-0.4, -0.2) is 9.78 Å². The molecule has 0 saturated heterocycles. The average molecular weight is 278 g/mol. The molecule has 0 radical (unpaired) electrons. The first-order valence-electron chi connectivity index (χ1n) is 6.49. The lowest BCUT2D eigenvalue weighted by molar-refractivity contribution is 0.723. The smallest absolute Gasteiger partial charge is 0.0864 e. The number of nitrogens with zero attached hydrogens (tertiary/aromatic N) is 2. The number of benzene rings is 1. The van der Waals surface area contributed by atoms with E-state index in [1.54, 1.807) is 0 Å². The molecular formula is C15H20ClN3. The van der Waals surface area contributed by atoms with E-state index in [4.69, 9.17) is 17.3 Å². The van der Waals surface area contributed by atoms with E-state index in [1.807, 2.05) is 23.9 Å². The van der Waals surface area contributed by atoms with E-state index in [-0.39, 0.29) is 0 Å². The minimum atomic E-state index is 0.345. The summed E-state index contributed by atoms with van der Waals surface area (Å²) in [6.45, 7) is 8.88. The average Bonchev–Trinajstić information content (AvgIpc) is 2.71. The fourth-order valence-corrected chi connectivity index (χ4v) is 2.92. The van der Waals surface area contributed by atoms with Gasteiger partial charge in [0, 0.05) is 12.1 Å². The van der Waals surface area contributed by atoms with E-state index < -0.39 is 0 Å². The van der Waals surface area contributed by atoms with Gasteiger partial charge in [0.15, 0.2) is 0 Å². The molecule has 1 aromatic heterocycles. The zero-order valence-electron chi connectivity index (χ0n) is 11.9. The summed E-state index contributed by atoms with van der Waals surface area (Å²) in [7, 11) is 0. The Kier molecular flexibility index (Phi) is 3.97. The maximum atomic E-state index is 6.41. The summed E-state index contributed by atoms with van der Waals surface area (Å²) in [5.41, 5.74) is 11.2. The Hall–Kier alpha value is -1.32. The number of aryl methyl sites for hydroxylation is 2. The second-order valence-electron chi connectivity index (χ2n) is 5.24. The summed E-state index contributed by atoms with van der Waals surface area (Å²) < 4.78 is 1.93. The Bertz CT molecular complexity index is 576. The van der Waals surface area contributed by atoms with Crippen LogP contribution in [0.1, 0.15) is 42.1 Å². The van der Waals surface area contributed by atoms with Crippen LogP contribution in [0.5, 0.6) is 0 Å². The Morgan fingerprint density at radius 2 is 2.00 bits per heavy atom. The minimum absolute atomic E-state index is 0.345. The van der Waals surface area contributed by atoms with Crippen molar-refractivity contribution in [3.63, 3.8) is 0 Å². The van der Waals surface area contributed by atoms with Gasteiger partial charge in [-0.3, -0.25) is 0 Å². The van der Waals surface area contributed by atoms with Crippen LogP contribution < -0.4 is 5.73 Å². The topological polar surface area (TPSA) is 43.8 Å². The van der Waals surface area contributed by atoms with Gasteiger partial charge in [-0.1, -0.05) is 31.5 Å². The van der Waals surface area contributed by atoms with Crippen molar-refractivity contribution in [2.75, 3.05) is 0 Å². The molecule has 2 N–H and O–H groups in total. The molecule has 4 heteroatoms. The van der Waals surface area contributed by atoms with Gasteiger partial charge >= 0.3 is 0 Å². The molecule has 0 bridgehead atoms. The van der Waals surface area contributed by atoms with E-state index >= 15 is 0 Å². The predicted octanol–water partition coefficient (Wildman–Crippen LogP) is 3.72. The molecular weight excluding hydrogens is 258 g/mol. The Morgan fingerprint density at radius 3 is 2.53 bits per heavy atom. The molecule has 1 heterocycles. The molecule has 1 aromatic carbocycles. The maximum Gasteiger partial charge on any atom is 0.0864 e. The summed E-state index contributed by atoms with van der Waals surface area (Å²) in [6.07, 6.45) is 1.84. The van der Waals surface area contributed by atoms with E-state index in [0.29, 0.717) is 12.5 Å². The second-order valence-corrected chi connectivity index (χ2v) is 5.65. The highest BCUT2D eigenvalue weighted by Gasteiger charge is 2.18. The van der Waals surface area contributed by atoms with Gasteiger partial charge in [0.1, 0.15) is 0 Å². The molecule has 2 aromatic rings. The van der Waals surface area contributed by atoms with E-state index in [2.05, 4.69) is 31.9 Å². The van der Waals surface area contributed by atoms with E-state index in [1.165, 1.54) is 0 Å². The number of hydrogen-bond donors (Lipinski definition) is 1. The van der Waals surface area contributed by atoms with Crippen LogP contribution in [0.4, 0.5) is 0 Å². The number of halogens is 1. The minimum Gasteiger partial charge on any atom is -0.326 e. The van der Waals surface area contributed by atoms with Crippen molar-refractivity contribution in [2.24, 2.45) is 5.73 Å². The maximum absolute atomic E-state index is 6.41. The normalized spacial score (nSPS) is 11.3. The molecule has 0 aliphatic heterocycles. The molecule has 0 aliphatic carbocycles. The van der Waals surface area contributed by atoms with Gasteiger partial charge in [-0.25, -0.2) is 4.68 Å². The first-order valence-corrected chi connectivity index (χ1v) is 6.87. The van der Waals surface area contributed by atoms with Gasteiger partial charge in [-0.05, 0) is 37.0 Å². The molecule has 3 nitrogen and oxygen atoms in total. The molecule has 0 fully saturated rings. The fraction of sp³-hybridized carbons (Fsp3) is 0.400. The Labute approximate surface area is 119 Å². The lowest BCUT2D eigenvalue weighted by Gasteiger charge is -2.16. The molecule has 0 unspecified atom stereocenters. The van der Waals surface area contributed by atoms with Crippen LogP contribution in [0.15, 0.2) is 18.3 Å². The monoisotopic (exact) mass is 277 g/mol.